The van der Waals surface area contributed by atoms with Crippen LogP contribution in [0.1, 0.15) is 53.9 Å². The fourth-order valence-electron chi connectivity index (χ4n) is 1.92. The molecule has 72 valence electrons. The summed E-state index contributed by atoms with van der Waals surface area (Å²) in [5, 5.41) is 0. The van der Waals surface area contributed by atoms with Crippen LogP contribution in [-0.4, -0.2) is 0 Å². The van der Waals surface area contributed by atoms with Gasteiger partial charge < -0.3 is 0 Å². The van der Waals surface area contributed by atoms with Gasteiger partial charge in [0.2, 0.25) is 0 Å². The Kier molecular flexibility index (Phi) is 4.02. The molecule has 0 heterocycles. The Balaban J connectivity index is 4.41. The largest absolute Gasteiger partial charge is 0.103 e. The van der Waals surface area contributed by atoms with E-state index in [1.807, 2.05) is 0 Å². The molecule has 0 aliphatic heterocycles. The molecule has 0 aromatic carbocycles. The minimum Gasteiger partial charge on any atom is -0.103 e. The molecule has 0 aromatic rings. The van der Waals surface area contributed by atoms with E-state index < -0.39 is 0 Å². The van der Waals surface area contributed by atoms with Gasteiger partial charge >= 0.3 is 0 Å². The Morgan fingerprint density at radius 2 is 1.50 bits per heavy atom. The van der Waals surface area contributed by atoms with Gasteiger partial charge in [-0.25, -0.2) is 0 Å². The summed E-state index contributed by atoms with van der Waals surface area (Å²) < 4.78 is 0. The number of allylic oxidation sites excluding steroid dienone is 1. The van der Waals surface area contributed by atoms with Crippen molar-refractivity contribution in [1.29, 1.82) is 0 Å². The minimum absolute atomic E-state index is 0.373. The van der Waals surface area contributed by atoms with Crippen molar-refractivity contribution in [3.63, 3.8) is 0 Å². The van der Waals surface area contributed by atoms with E-state index in [2.05, 4.69) is 47.3 Å². The summed E-state index contributed by atoms with van der Waals surface area (Å²) in [5.41, 5.74) is 0.790. The molecule has 0 radical (unpaired) electrons. The smallest absolute Gasteiger partial charge is 0.0121 e. The van der Waals surface area contributed by atoms with Crippen molar-refractivity contribution in [3.8, 4) is 0 Å². The maximum absolute atomic E-state index is 3.96. The average molecular weight is 168 g/mol. The van der Waals surface area contributed by atoms with Crippen molar-refractivity contribution in [2.45, 2.75) is 53.9 Å². The standard InChI is InChI=1S/C12H24/c1-7-12(8-2,9-3)10-11(4,5)6/h7H,1,8-10H2,2-6H3. The van der Waals surface area contributed by atoms with Crippen molar-refractivity contribution in [3.05, 3.63) is 12.7 Å². The van der Waals surface area contributed by atoms with E-state index in [1.165, 1.54) is 19.3 Å². The second-order valence-corrected chi connectivity index (χ2v) is 5.01. The van der Waals surface area contributed by atoms with Crippen LogP contribution in [0.3, 0.4) is 0 Å². The first-order chi connectivity index (χ1) is 5.39. The van der Waals surface area contributed by atoms with Gasteiger partial charge in [-0.1, -0.05) is 40.7 Å². The predicted octanol–water partition coefficient (Wildman–Crippen LogP) is 4.42. The normalized spacial score (nSPS) is 13.1. The second-order valence-electron chi connectivity index (χ2n) is 5.01. The highest BCUT2D eigenvalue weighted by molar-refractivity contribution is 4.95. The van der Waals surface area contributed by atoms with E-state index in [9.17, 15) is 0 Å². The highest BCUT2D eigenvalue weighted by Gasteiger charge is 2.27. The van der Waals surface area contributed by atoms with Gasteiger partial charge in [-0.05, 0) is 30.1 Å². The molecule has 0 aliphatic rings. The SMILES string of the molecule is C=CC(CC)(CC)CC(C)(C)C. The number of hydrogen-bond acceptors (Lipinski definition) is 0. The summed E-state index contributed by atoms with van der Waals surface area (Å²) in [4.78, 5) is 0. The molecule has 0 aromatic heterocycles. The highest BCUT2D eigenvalue weighted by Crippen LogP contribution is 2.39. The molecule has 0 unspecified atom stereocenters. The second kappa shape index (κ2) is 4.11. The molecule has 0 atom stereocenters. The molecule has 0 saturated carbocycles. The lowest BCUT2D eigenvalue weighted by molar-refractivity contribution is 0.210. The van der Waals surface area contributed by atoms with Gasteiger partial charge in [-0.2, -0.15) is 0 Å². The Bertz CT molecular complexity index is 133. The van der Waals surface area contributed by atoms with Gasteiger partial charge in [-0.15, -0.1) is 6.58 Å². The summed E-state index contributed by atoms with van der Waals surface area (Å²) in [6, 6.07) is 0. The van der Waals surface area contributed by atoms with Gasteiger partial charge in [0.15, 0.2) is 0 Å². The Morgan fingerprint density at radius 3 is 1.58 bits per heavy atom. The summed E-state index contributed by atoms with van der Waals surface area (Å²) >= 11 is 0. The van der Waals surface area contributed by atoms with Crippen LogP contribution in [-0.2, 0) is 0 Å². The fraction of sp³-hybridized carbons (Fsp3) is 0.833. The summed E-state index contributed by atoms with van der Waals surface area (Å²) in [7, 11) is 0. The van der Waals surface area contributed by atoms with Crippen molar-refractivity contribution in [2.24, 2.45) is 10.8 Å². The van der Waals surface area contributed by atoms with Gasteiger partial charge in [0.05, 0.1) is 0 Å². The van der Waals surface area contributed by atoms with Crippen molar-refractivity contribution in [1.82, 2.24) is 0 Å². The van der Waals surface area contributed by atoms with E-state index in [1.54, 1.807) is 0 Å². The third-order valence-electron chi connectivity index (χ3n) is 2.72. The van der Waals surface area contributed by atoms with Crippen molar-refractivity contribution in [2.75, 3.05) is 0 Å². The zero-order valence-corrected chi connectivity index (χ0v) is 9.41. The molecule has 0 aliphatic carbocycles. The van der Waals surface area contributed by atoms with E-state index in [-0.39, 0.29) is 0 Å². The van der Waals surface area contributed by atoms with Crippen LogP contribution in [0, 0.1) is 10.8 Å². The first kappa shape index (κ1) is 11.7. The highest BCUT2D eigenvalue weighted by atomic mass is 14.3. The Labute approximate surface area is 78.1 Å². The van der Waals surface area contributed by atoms with Crippen LogP contribution in [0.15, 0.2) is 12.7 Å². The number of rotatable bonds is 4. The van der Waals surface area contributed by atoms with Crippen LogP contribution >= 0.6 is 0 Å². The van der Waals surface area contributed by atoms with Crippen molar-refractivity contribution < 1.29 is 0 Å². The monoisotopic (exact) mass is 168 g/mol. The van der Waals surface area contributed by atoms with Gasteiger partial charge in [0.25, 0.3) is 0 Å². The molecular formula is C12H24. The summed E-state index contributed by atoms with van der Waals surface area (Å²) in [6.07, 6.45) is 5.82. The minimum atomic E-state index is 0.373. The average Bonchev–Trinajstić information content (AvgIpc) is 1.99. The third kappa shape index (κ3) is 3.42. The molecular weight excluding hydrogens is 144 g/mol. The molecule has 0 nitrogen and oxygen atoms in total. The molecule has 12 heavy (non-hydrogen) atoms. The van der Waals surface area contributed by atoms with Crippen LogP contribution < -0.4 is 0 Å². The lowest BCUT2D eigenvalue weighted by Crippen LogP contribution is -2.23. The van der Waals surface area contributed by atoms with E-state index in [0.717, 1.165) is 0 Å². The van der Waals surface area contributed by atoms with E-state index in [4.69, 9.17) is 0 Å². The molecule has 0 spiro atoms. The maximum atomic E-state index is 3.96. The maximum Gasteiger partial charge on any atom is -0.0121 e. The molecule has 0 N–H and O–H groups in total. The third-order valence-corrected chi connectivity index (χ3v) is 2.72. The van der Waals surface area contributed by atoms with Crippen LogP contribution in [0.25, 0.3) is 0 Å². The predicted molar refractivity (Wildman–Crippen MR) is 57.3 cm³/mol. The van der Waals surface area contributed by atoms with E-state index in [0.29, 0.717) is 10.8 Å². The Hall–Kier alpha value is -0.260. The fourth-order valence-corrected chi connectivity index (χ4v) is 1.92. The molecule has 0 fully saturated rings. The molecule has 0 rings (SSSR count). The van der Waals surface area contributed by atoms with E-state index >= 15 is 0 Å². The zero-order valence-electron chi connectivity index (χ0n) is 9.41. The topological polar surface area (TPSA) is 0 Å². The number of hydrogen-bond donors (Lipinski definition) is 0. The molecule has 0 saturated heterocycles. The quantitative estimate of drug-likeness (QED) is 0.545. The first-order valence-electron chi connectivity index (χ1n) is 5.03. The van der Waals surface area contributed by atoms with Crippen LogP contribution in [0.2, 0.25) is 0 Å². The Morgan fingerprint density at radius 1 is 1.08 bits per heavy atom. The summed E-state index contributed by atoms with van der Waals surface area (Å²) in [5.74, 6) is 0. The first-order valence-corrected chi connectivity index (χ1v) is 5.03. The lowest BCUT2D eigenvalue weighted by atomic mass is 9.71. The summed E-state index contributed by atoms with van der Waals surface area (Å²) in [6.45, 7) is 15.4. The zero-order chi connectivity index (χ0) is 9.83. The van der Waals surface area contributed by atoms with Crippen LogP contribution in [0.4, 0.5) is 0 Å². The molecule has 0 amide bonds. The van der Waals surface area contributed by atoms with Gasteiger partial charge in [-0.3, -0.25) is 0 Å². The molecule has 0 bridgehead atoms. The lowest BCUT2D eigenvalue weighted by Gasteiger charge is -2.34. The van der Waals surface area contributed by atoms with Crippen molar-refractivity contribution >= 4 is 0 Å². The van der Waals surface area contributed by atoms with Crippen LogP contribution in [0.5, 0.6) is 0 Å². The van der Waals surface area contributed by atoms with Gasteiger partial charge in [0, 0.05) is 0 Å². The molecule has 0 heteroatoms. The van der Waals surface area contributed by atoms with Gasteiger partial charge in [0.1, 0.15) is 0 Å².